The Hall–Kier alpha value is -5.71. The highest BCUT2D eigenvalue weighted by Crippen LogP contribution is 2.49. The average molecular weight is 1090 g/mol. The number of hydrogen-bond donors (Lipinski definition) is 4. The van der Waals surface area contributed by atoms with E-state index in [4.69, 9.17) is 46.4 Å². The van der Waals surface area contributed by atoms with Gasteiger partial charge in [-0.05, 0) is 122 Å². The molecule has 73 heavy (non-hydrogen) atoms. The number of carboxylic acid groups (broad SMARTS) is 4. The van der Waals surface area contributed by atoms with Gasteiger partial charge < -0.3 is 40.0 Å². The van der Waals surface area contributed by atoms with Gasteiger partial charge in [-0.1, -0.05) is 82.4 Å². The van der Waals surface area contributed by atoms with Gasteiger partial charge in [0.2, 0.25) is 11.8 Å². The summed E-state index contributed by atoms with van der Waals surface area (Å²) in [5, 5.41) is 39.3. The van der Waals surface area contributed by atoms with Crippen molar-refractivity contribution in [1.82, 2.24) is 9.80 Å². The lowest BCUT2D eigenvalue weighted by Crippen LogP contribution is -2.39. The summed E-state index contributed by atoms with van der Waals surface area (Å²) in [7, 11) is 0. The van der Waals surface area contributed by atoms with E-state index in [0.717, 1.165) is 11.4 Å². The Morgan fingerprint density at radius 2 is 0.849 bits per heavy atom. The molecule has 0 aliphatic carbocycles. The molecule has 2 atom stereocenters. The summed E-state index contributed by atoms with van der Waals surface area (Å²) in [6.07, 6.45) is 9.89. The minimum Gasteiger partial charge on any atom is -0.481 e. The van der Waals surface area contributed by atoms with Crippen molar-refractivity contribution in [1.29, 1.82) is 0 Å². The number of rotatable bonds is 14. The van der Waals surface area contributed by atoms with Crippen molar-refractivity contribution in [2.45, 2.75) is 61.2 Å². The lowest BCUT2D eigenvalue weighted by Gasteiger charge is -2.33. The van der Waals surface area contributed by atoms with Crippen molar-refractivity contribution in [3.63, 3.8) is 0 Å². The number of likely N-dealkylation sites (tertiary alicyclic amines) is 2. The Labute approximate surface area is 447 Å². The van der Waals surface area contributed by atoms with Gasteiger partial charge in [-0.15, -0.1) is 0 Å². The Morgan fingerprint density at radius 1 is 0.479 bits per heavy atom. The third-order valence-corrected chi connectivity index (χ3v) is 17.4. The first-order valence-corrected chi connectivity index (χ1v) is 26.6. The van der Waals surface area contributed by atoms with Gasteiger partial charge in [0.1, 0.15) is 0 Å². The lowest BCUT2D eigenvalue weighted by molar-refractivity contribution is -0.145. The first-order chi connectivity index (χ1) is 35.0. The monoisotopic (exact) mass is 1090 g/mol. The molecular weight excluding hydrogens is 1040 g/mol. The summed E-state index contributed by atoms with van der Waals surface area (Å²) in [6.45, 7) is 3.10. The van der Waals surface area contributed by atoms with Crippen molar-refractivity contribution in [2.24, 2.45) is 23.7 Å². The summed E-state index contributed by atoms with van der Waals surface area (Å²) in [6, 6.07) is 18.9. The van der Waals surface area contributed by atoms with E-state index in [1.54, 1.807) is 22.0 Å². The molecule has 4 saturated heterocycles. The first kappa shape index (κ1) is 53.6. The molecular formula is C54H54Cl4N4O10S. The fraction of sp³-hybridized carbons (Fsp3) is 0.370. The van der Waals surface area contributed by atoms with Crippen LogP contribution in [0.5, 0.6) is 0 Å². The number of carbonyl (C=O) groups is 6. The summed E-state index contributed by atoms with van der Waals surface area (Å²) in [5.41, 5.74) is 5.07. The molecule has 4 fully saturated rings. The number of amides is 2. The number of nitrogens with zero attached hydrogens (tertiary/aromatic N) is 4. The molecule has 4 aliphatic heterocycles. The second-order valence-corrected chi connectivity index (χ2v) is 21.5. The fourth-order valence-corrected chi connectivity index (χ4v) is 12.2. The molecule has 0 saturated carbocycles. The highest BCUT2D eigenvalue weighted by atomic mass is 35.5. The van der Waals surface area contributed by atoms with Crippen molar-refractivity contribution in [2.75, 3.05) is 62.2 Å². The molecule has 2 unspecified atom stereocenters. The molecule has 0 spiro atoms. The number of hydrogen-bond acceptors (Lipinski definition) is 9. The zero-order valence-electron chi connectivity index (χ0n) is 39.7. The number of halogens is 4. The maximum absolute atomic E-state index is 13.6. The van der Waals surface area contributed by atoms with Crippen molar-refractivity contribution in [3.8, 4) is 22.3 Å². The van der Waals surface area contributed by atoms with Gasteiger partial charge in [-0.25, -0.2) is 0 Å². The van der Waals surface area contributed by atoms with E-state index in [2.05, 4.69) is 0 Å². The molecule has 4 N–H and O–H groups in total. The van der Waals surface area contributed by atoms with E-state index in [0.29, 0.717) is 121 Å². The van der Waals surface area contributed by atoms with Crippen molar-refractivity contribution >= 4 is 117 Å². The zero-order chi connectivity index (χ0) is 52.1. The molecule has 0 aromatic heterocycles. The first-order valence-electron chi connectivity index (χ1n) is 24.2. The molecule has 8 rings (SSSR count). The van der Waals surface area contributed by atoms with Crippen LogP contribution >= 0.6 is 58.2 Å². The number of piperidine rings is 4. The number of benzene rings is 4. The van der Waals surface area contributed by atoms with Crippen LogP contribution in [0.25, 0.3) is 34.4 Å². The average Bonchev–Trinajstić information content (AvgIpc) is 3.40. The molecule has 4 aliphatic rings. The molecule has 4 aromatic carbocycles. The van der Waals surface area contributed by atoms with Crippen LogP contribution in [0.4, 0.5) is 11.4 Å². The number of carboxylic acids is 4. The van der Waals surface area contributed by atoms with Gasteiger partial charge in [0.25, 0.3) is 0 Å². The summed E-state index contributed by atoms with van der Waals surface area (Å²) in [5.74, 6) is -6.21. The van der Waals surface area contributed by atoms with E-state index in [1.165, 1.54) is 23.9 Å². The second-order valence-electron chi connectivity index (χ2n) is 18.9. The van der Waals surface area contributed by atoms with Gasteiger partial charge in [-0.2, -0.15) is 0 Å². The van der Waals surface area contributed by atoms with Gasteiger partial charge >= 0.3 is 23.9 Å². The molecule has 19 heteroatoms. The highest BCUT2D eigenvalue weighted by molar-refractivity contribution is 7.99. The largest absolute Gasteiger partial charge is 0.481 e. The van der Waals surface area contributed by atoms with Crippen LogP contribution in [0.15, 0.2) is 82.6 Å². The van der Waals surface area contributed by atoms with Gasteiger partial charge in [0.05, 0.1) is 43.8 Å². The zero-order valence-corrected chi connectivity index (χ0v) is 43.5. The Balaban J connectivity index is 1.20. The lowest BCUT2D eigenvalue weighted by atomic mass is 9.95. The third-order valence-electron chi connectivity index (χ3n) is 14.3. The van der Waals surface area contributed by atoms with E-state index in [-0.39, 0.29) is 58.1 Å². The minimum atomic E-state index is -0.886. The molecule has 4 aromatic rings. The van der Waals surface area contributed by atoms with Crippen LogP contribution in [-0.4, -0.2) is 118 Å². The van der Waals surface area contributed by atoms with Crippen LogP contribution in [0.2, 0.25) is 20.1 Å². The molecule has 2 amide bonds. The Morgan fingerprint density at radius 3 is 1.21 bits per heavy atom. The predicted molar refractivity (Wildman–Crippen MR) is 285 cm³/mol. The maximum Gasteiger partial charge on any atom is 0.308 e. The normalized spacial score (nSPS) is 19.2. The highest BCUT2D eigenvalue weighted by Gasteiger charge is 2.31. The Bertz CT molecular complexity index is 2690. The van der Waals surface area contributed by atoms with E-state index in [1.807, 2.05) is 70.5 Å². The fourth-order valence-electron chi connectivity index (χ4n) is 10.1. The van der Waals surface area contributed by atoms with Gasteiger partial charge in [-0.3, -0.25) is 28.8 Å². The predicted octanol–water partition coefficient (Wildman–Crippen LogP) is 11.1. The SMILES string of the molecule is O=C(O)C1CCN(C(=O)C=Cc2c(-c3cccc(N4CCCC(C(=O)O)C4)c3)cc(Sc3cc(-c4cccc(N5CCCC(C(=O)O)C5)c4)c(C=CC(=O)N4CCC(C(=O)O)CC4)c(Cl)c3Cl)c(Cl)c2Cl)CC1. The number of aliphatic carboxylic acids is 4. The van der Waals surface area contributed by atoms with E-state index in [9.17, 15) is 49.2 Å². The smallest absolute Gasteiger partial charge is 0.308 e. The summed E-state index contributed by atoms with van der Waals surface area (Å²) >= 11 is 30.1. The summed E-state index contributed by atoms with van der Waals surface area (Å²) < 4.78 is 0. The quantitative estimate of drug-likeness (QED) is 0.0872. The van der Waals surface area contributed by atoms with Crippen molar-refractivity contribution in [3.05, 3.63) is 104 Å². The van der Waals surface area contributed by atoms with Crippen LogP contribution in [0, 0.1) is 23.7 Å². The van der Waals surface area contributed by atoms with Crippen LogP contribution < -0.4 is 9.80 Å². The van der Waals surface area contributed by atoms with E-state index >= 15 is 0 Å². The second kappa shape index (κ2) is 23.7. The number of anilines is 2. The van der Waals surface area contributed by atoms with Crippen LogP contribution in [0.1, 0.15) is 62.5 Å². The van der Waals surface area contributed by atoms with Crippen LogP contribution in [0.3, 0.4) is 0 Å². The molecule has 384 valence electrons. The molecule has 4 heterocycles. The summed E-state index contributed by atoms with van der Waals surface area (Å²) in [4.78, 5) is 82.7. The topological polar surface area (TPSA) is 196 Å². The van der Waals surface area contributed by atoms with Gasteiger partial charge in [0, 0.05) is 96.8 Å². The number of carbonyl (C=O) groups excluding carboxylic acids is 2. The van der Waals surface area contributed by atoms with E-state index < -0.39 is 47.5 Å². The Kier molecular flexibility index (Phi) is 17.4. The maximum atomic E-state index is 13.6. The molecule has 0 radical (unpaired) electrons. The molecule has 14 nitrogen and oxygen atoms in total. The minimum absolute atomic E-state index is 0.131. The van der Waals surface area contributed by atoms with Gasteiger partial charge in [0.15, 0.2) is 0 Å². The standard InChI is InChI=1S/C54H54Cl4N4O10S/c55-47-39(11-13-45(63)59-21-15-31(16-22-59)51(65)66)41(33-5-1-9-37(25-33)61-19-3-7-35(29-61)53(69)70)27-43(49(47)57)73-44-28-42(34-6-2-10-38(26-34)62-20-4-8-36(30-62)54(71)72)40(48(56)50(44)58)12-14-46(64)60-23-17-32(18-24-60)52(67)68/h1-2,5-6,9-14,25-28,31-32,35-36H,3-4,7-8,15-24,29-30H2,(H,65,66)(H,67,68)(H,69,70)(H,71,72). The van der Waals surface area contributed by atoms with Crippen molar-refractivity contribution < 1.29 is 49.2 Å². The molecule has 0 bridgehead atoms. The third kappa shape index (κ3) is 12.5. The van der Waals surface area contributed by atoms with Crippen LogP contribution in [-0.2, 0) is 28.8 Å².